The highest BCUT2D eigenvalue weighted by Crippen LogP contribution is 2.18. The van der Waals surface area contributed by atoms with Gasteiger partial charge < -0.3 is 25.3 Å². The summed E-state index contributed by atoms with van der Waals surface area (Å²) in [5.41, 5.74) is 0. The van der Waals surface area contributed by atoms with Crippen LogP contribution >= 0.6 is 0 Å². The van der Waals surface area contributed by atoms with E-state index >= 15 is 0 Å². The Morgan fingerprint density at radius 2 is 1.71 bits per heavy atom. The zero-order chi connectivity index (χ0) is 19.8. The number of piperidine rings is 1. The van der Waals surface area contributed by atoms with Gasteiger partial charge in [-0.1, -0.05) is 19.3 Å². The molecule has 0 unspecified atom stereocenters. The molecular formula is C20H30N4O4. The minimum Gasteiger partial charge on any atom is -0.459 e. The second-order valence-electron chi connectivity index (χ2n) is 7.60. The first-order valence-electron chi connectivity index (χ1n) is 10.3. The molecule has 1 aliphatic carbocycles. The van der Waals surface area contributed by atoms with E-state index in [2.05, 4.69) is 16.0 Å². The van der Waals surface area contributed by atoms with Crippen LogP contribution in [0.3, 0.4) is 0 Å². The van der Waals surface area contributed by atoms with E-state index in [1.807, 2.05) is 4.90 Å². The van der Waals surface area contributed by atoms with Gasteiger partial charge in [-0.3, -0.25) is 9.59 Å². The summed E-state index contributed by atoms with van der Waals surface area (Å²) in [6, 6.07) is 3.64. The lowest BCUT2D eigenvalue weighted by Gasteiger charge is -2.34. The average Bonchev–Trinajstić information content (AvgIpc) is 3.24. The molecule has 2 aliphatic rings. The highest BCUT2D eigenvalue weighted by molar-refractivity contribution is 5.91. The summed E-state index contributed by atoms with van der Waals surface area (Å²) in [5.74, 6) is -0.181. The number of carbonyl (C=O) groups excluding carboxylic acids is 3. The average molecular weight is 390 g/mol. The number of rotatable bonds is 6. The third-order valence-electron chi connectivity index (χ3n) is 5.46. The van der Waals surface area contributed by atoms with Crippen molar-refractivity contribution in [1.29, 1.82) is 0 Å². The van der Waals surface area contributed by atoms with Crippen LogP contribution in [0, 0.1) is 0 Å². The Bertz CT molecular complexity index is 647. The van der Waals surface area contributed by atoms with Crippen molar-refractivity contribution in [2.75, 3.05) is 19.6 Å². The molecule has 1 aliphatic heterocycles. The van der Waals surface area contributed by atoms with Crippen LogP contribution in [0.5, 0.6) is 0 Å². The topological polar surface area (TPSA) is 104 Å². The van der Waals surface area contributed by atoms with Crippen molar-refractivity contribution < 1.29 is 18.8 Å². The van der Waals surface area contributed by atoms with Crippen molar-refractivity contribution in [2.24, 2.45) is 0 Å². The maximum absolute atomic E-state index is 12.4. The Kier molecular flexibility index (Phi) is 7.33. The third-order valence-corrected chi connectivity index (χ3v) is 5.46. The number of furan rings is 1. The van der Waals surface area contributed by atoms with Gasteiger partial charge in [-0.2, -0.15) is 0 Å². The molecule has 1 aromatic heterocycles. The molecule has 1 aromatic rings. The van der Waals surface area contributed by atoms with E-state index in [1.54, 1.807) is 12.1 Å². The van der Waals surface area contributed by atoms with Crippen LogP contribution in [0.1, 0.15) is 61.9 Å². The van der Waals surface area contributed by atoms with Gasteiger partial charge >= 0.3 is 6.03 Å². The van der Waals surface area contributed by atoms with Gasteiger partial charge in [0.1, 0.15) is 0 Å². The summed E-state index contributed by atoms with van der Waals surface area (Å²) in [4.78, 5) is 38.0. The molecule has 3 N–H and O–H groups in total. The van der Waals surface area contributed by atoms with Crippen molar-refractivity contribution in [3.63, 3.8) is 0 Å². The maximum Gasteiger partial charge on any atom is 0.317 e. The van der Waals surface area contributed by atoms with Crippen LogP contribution in [0.4, 0.5) is 4.79 Å². The van der Waals surface area contributed by atoms with E-state index in [1.165, 1.54) is 25.5 Å². The van der Waals surface area contributed by atoms with E-state index in [0.717, 1.165) is 25.7 Å². The van der Waals surface area contributed by atoms with Crippen molar-refractivity contribution in [3.05, 3.63) is 24.2 Å². The summed E-state index contributed by atoms with van der Waals surface area (Å²) < 4.78 is 5.00. The van der Waals surface area contributed by atoms with Gasteiger partial charge in [0.15, 0.2) is 5.76 Å². The molecule has 1 saturated carbocycles. The molecular weight excluding hydrogens is 360 g/mol. The molecule has 3 rings (SSSR count). The molecule has 8 heteroatoms. The molecule has 154 valence electrons. The second kappa shape index (κ2) is 10.1. The van der Waals surface area contributed by atoms with Gasteiger partial charge in [-0.05, 0) is 37.8 Å². The maximum atomic E-state index is 12.4. The first kappa shape index (κ1) is 20.2. The molecule has 0 bridgehead atoms. The van der Waals surface area contributed by atoms with Crippen molar-refractivity contribution >= 4 is 17.8 Å². The minimum atomic E-state index is -0.324. The molecule has 4 amide bonds. The van der Waals surface area contributed by atoms with Gasteiger partial charge in [-0.15, -0.1) is 0 Å². The number of hydrogen-bond acceptors (Lipinski definition) is 4. The number of urea groups is 1. The summed E-state index contributed by atoms with van der Waals surface area (Å²) in [6.07, 6.45) is 8.97. The van der Waals surface area contributed by atoms with E-state index in [4.69, 9.17) is 4.42 Å². The number of nitrogens with one attached hydrogen (secondary N) is 3. The Balaban J connectivity index is 1.29. The first-order chi connectivity index (χ1) is 13.6. The molecule has 2 heterocycles. The predicted molar refractivity (Wildman–Crippen MR) is 104 cm³/mol. The quantitative estimate of drug-likeness (QED) is 0.691. The first-order valence-corrected chi connectivity index (χ1v) is 10.3. The van der Waals surface area contributed by atoms with Gasteiger partial charge in [-0.25, -0.2) is 4.79 Å². The summed E-state index contributed by atoms with van der Waals surface area (Å²) in [7, 11) is 0. The van der Waals surface area contributed by atoms with E-state index in [9.17, 15) is 14.4 Å². The fourth-order valence-electron chi connectivity index (χ4n) is 3.82. The third kappa shape index (κ3) is 6.00. The Morgan fingerprint density at radius 1 is 1.00 bits per heavy atom. The molecule has 2 fully saturated rings. The Hall–Kier alpha value is -2.51. The number of hydrogen-bond donors (Lipinski definition) is 3. The van der Waals surface area contributed by atoms with E-state index < -0.39 is 0 Å². The lowest BCUT2D eigenvalue weighted by atomic mass is 9.95. The number of likely N-dealkylation sites (tertiary alicyclic amines) is 1. The van der Waals surface area contributed by atoms with Crippen LogP contribution in [-0.2, 0) is 4.79 Å². The Labute approximate surface area is 165 Å². The van der Waals surface area contributed by atoms with Crippen LogP contribution < -0.4 is 16.0 Å². The lowest BCUT2D eigenvalue weighted by Crippen LogP contribution is -2.51. The SMILES string of the molecule is O=C(CCNC(=O)c1ccco1)NC1CCN(C(=O)NC2CCCCC2)CC1. The number of carbonyl (C=O) groups is 3. The normalized spacial score (nSPS) is 18.5. The minimum absolute atomic E-state index is 0.0253. The molecule has 0 atom stereocenters. The van der Waals surface area contributed by atoms with Gasteiger partial charge in [0, 0.05) is 38.1 Å². The fourth-order valence-corrected chi connectivity index (χ4v) is 3.82. The molecule has 0 spiro atoms. The fraction of sp³-hybridized carbons (Fsp3) is 0.650. The smallest absolute Gasteiger partial charge is 0.317 e. The number of nitrogens with zero attached hydrogens (tertiary/aromatic N) is 1. The van der Waals surface area contributed by atoms with Gasteiger partial charge in [0.25, 0.3) is 5.91 Å². The van der Waals surface area contributed by atoms with E-state index in [0.29, 0.717) is 19.1 Å². The Morgan fingerprint density at radius 3 is 2.39 bits per heavy atom. The van der Waals surface area contributed by atoms with Crippen LogP contribution in [0.2, 0.25) is 0 Å². The molecule has 0 aromatic carbocycles. The van der Waals surface area contributed by atoms with Crippen molar-refractivity contribution in [1.82, 2.24) is 20.9 Å². The summed E-state index contributed by atoms with van der Waals surface area (Å²) in [5, 5.41) is 8.80. The van der Waals surface area contributed by atoms with Gasteiger partial charge in [0.05, 0.1) is 6.26 Å². The van der Waals surface area contributed by atoms with Crippen LogP contribution in [0.15, 0.2) is 22.8 Å². The van der Waals surface area contributed by atoms with Crippen molar-refractivity contribution in [3.8, 4) is 0 Å². The lowest BCUT2D eigenvalue weighted by molar-refractivity contribution is -0.121. The van der Waals surface area contributed by atoms with Crippen LogP contribution in [-0.4, -0.2) is 54.5 Å². The van der Waals surface area contributed by atoms with E-state index in [-0.39, 0.29) is 42.6 Å². The predicted octanol–water partition coefficient (Wildman–Crippen LogP) is 2.02. The molecule has 0 radical (unpaired) electrons. The van der Waals surface area contributed by atoms with Gasteiger partial charge in [0.2, 0.25) is 5.91 Å². The monoisotopic (exact) mass is 390 g/mol. The number of amides is 4. The second-order valence-corrected chi connectivity index (χ2v) is 7.60. The molecule has 1 saturated heterocycles. The summed E-state index contributed by atoms with van der Waals surface area (Å²) >= 11 is 0. The summed E-state index contributed by atoms with van der Waals surface area (Å²) in [6.45, 7) is 1.56. The molecule has 8 nitrogen and oxygen atoms in total. The highest BCUT2D eigenvalue weighted by Gasteiger charge is 2.25. The van der Waals surface area contributed by atoms with Crippen molar-refractivity contribution in [2.45, 2.75) is 63.5 Å². The zero-order valence-corrected chi connectivity index (χ0v) is 16.2. The largest absolute Gasteiger partial charge is 0.459 e. The van der Waals surface area contributed by atoms with Crippen LogP contribution in [0.25, 0.3) is 0 Å². The zero-order valence-electron chi connectivity index (χ0n) is 16.2. The molecule has 28 heavy (non-hydrogen) atoms. The highest BCUT2D eigenvalue weighted by atomic mass is 16.3. The standard InChI is InChI=1S/C20H30N4O4/c25-18(8-11-21-19(26)17-7-4-14-28-17)22-16-9-12-24(13-10-16)20(27)23-15-5-2-1-3-6-15/h4,7,14-16H,1-3,5-6,8-13H2,(H,21,26)(H,22,25)(H,23,27).